The zero-order valence-corrected chi connectivity index (χ0v) is 11.8. The minimum Gasteiger partial charge on any atom is -0.465 e. The Labute approximate surface area is 106 Å². The summed E-state index contributed by atoms with van der Waals surface area (Å²) < 4.78 is 5.09. The lowest BCUT2D eigenvalue weighted by Gasteiger charge is -2.26. The second-order valence-corrected chi connectivity index (χ2v) is 4.16. The molecule has 0 aliphatic heterocycles. The molecule has 4 nitrogen and oxygen atoms in total. The summed E-state index contributed by atoms with van der Waals surface area (Å²) >= 11 is 0. The molecule has 0 heterocycles. The van der Waals surface area contributed by atoms with Gasteiger partial charge in [-0.25, -0.2) is 0 Å². The molecule has 4 heteroatoms. The first-order chi connectivity index (χ1) is 8.19. The van der Waals surface area contributed by atoms with Crippen molar-refractivity contribution in [1.82, 2.24) is 10.2 Å². The van der Waals surface area contributed by atoms with Gasteiger partial charge in [0.2, 0.25) is 0 Å². The monoisotopic (exact) mass is 244 g/mol. The number of nitrogens with zero attached hydrogens (tertiary/aromatic N) is 1. The van der Waals surface area contributed by atoms with Crippen LogP contribution in [0, 0.1) is 0 Å². The molecule has 1 unspecified atom stereocenters. The van der Waals surface area contributed by atoms with Crippen molar-refractivity contribution in [3.8, 4) is 0 Å². The van der Waals surface area contributed by atoms with Crippen LogP contribution in [-0.2, 0) is 9.53 Å². The molecule has 0 aromatic rings. The largest absolute Gasteiger partial charge is 0.465 e. The lowest BCUT2D eigenvalue weighted by molar-refractivity contribution is -0.146. The number of likely N-dealkylation sites (N-methyl/N-ethyl adjacent to an activating group) is 1. The van der Waals surface area contributed by atoms with Crippen molar-refractivity contribution in [1.29, 1.82) is 0 Å². The van der Waals surface area contributed by atoms with Gasteiger partial charge in [0.05, 0.1) is 6.61 Å². The minimum absolute atomic E-state index is 0.133. The molecule has 1 atom stereocenters. The number of carbonyl (C=O) groups excluding carboxylic acids is 1. The van der Waals surface area contributed by atoms with Crippen LogP contribution in [0.2, 0.25) is 0 Å². The summed E-state index contributed by atoms with van der Waals surface area (Å²) in [4.78, 5) is 14.1. The number of nitrogens with one attached hydrogen (secondary N) is 1. The molecule has 1 N–H and O–H groups in total. The molecular weight excluding hydrogens is 216 g/mol. The molecule has 0 aromatic carbocycles. The SMILES string of the molecule is CCCN(CCC)CC(NCC)C(=O)OCC. The van der Waals surface area contributed by atoms with Gasteiger partial charge in [0.25, 0.3) is 0 Å². The van der Waals surface area contributed by atoms with Crippen molar-refractivity contribution in [2.24, 2.45) is 0 Å². The summed E-state index contributed by atoms with van der Waals surface area (Å²) in [6, 6.07) is -0.196. The van der Waals surface area contributed by atoms with Gasteiger partial charge in [-0.05, 0) is 39.4 Å². The summed E-state index contributed by atoms with van der Waals surface area (Å²) in [7, 11) is 0. The van der Waals surface area contributed by atoms with Gasteiger partial charge < -0.3 is 15.0 Å². The van der Waals surface area contributed by atoms with Crippen LogP contribution >= 0.6 is 0 Å². The van der Waals surface area contributed by atoms with Gasteiger partial charge in [-0.3, -0.25) is 4.79 Å². The van der Waals surface area contributed by atoms with Gasteiger partial charge in [-0.2, -0.15) is 0 Å². The van der Waals surface area contributed by atoms with Gasteiger partial charge in [-0.1, -0.05) is 20.8 Å². The van der Waals surface area contributed by atoms with Crippen LogP contribution in [0.5, 0.6) is 0 Å². The van der Waals surface area contributed by atoms with E-state index in [1.165, 1.54) is 0 Å². The quantitative estimate of drug-likeness (QED) is 0.593. The van der Waals surface area contributed by atoms with Gasteiger partial charge in [0.15, 0.2) is 0 Å². The topological polar surface area (TPSA) is 41.6 Å². The van der Waals surface area contributed by atoms with Crippen LogP contribution in [0.4, 0.5) is 0 Å². The highest BCUT2D eigenvalue weighted by molar-refractivity contribution is 5.76. The number of ether oxygens (including phenoxy) is 1. The third-order valence-electron chi connectivity index (χ3n) is 2.54. The highest BCUT2D eigenvalue weighted by atomic mass is 16.5. The Morgan fingerprint density at radius 2 is 1.76 bits per heavy atom. The van der Waals surface area contributed by atoms with E-state index >= 15 is 0 Å². The van der Waals surface area contributed by atoms with Gasteiger partial charge >= 0.3 is 5.97 Å². The van der Waals surface area contributed by atoms with Crippen LogP contribution < -0.4 is 5.32 Å². The highest BCUT2D eigenvalue weighted by Gasteiger charge is 2.21. The lowest BCUT2D eigenvalue weighted by Crippen LogP contribution is -2.47. The van der Waals surface area contributed by atoms with E-state index in [1.807, 2.05) is 13.8 Å². The molecule has 17 heavy (non-hydrogen) atoms. The van der Waals surface area contributed by atoms with E-state index in [4.69, 9.17) is 4.74 Å². The molecular formula is C13H28N2O2. The van der Waals surface area contributed by atoms with Crippen molar-refractivity contribution in [2.45, 2.75) is 46.6 Å². The molecule has 0 rings (SSSR count). The molecule has 0 spiro atoms. The summed E-state index contributed by atoms with van der Waals surface area (Å²) in [6.07, 6.45) is 2.23. The Morgan fingerprint density at radius 1 is 1.18 bits per heavy atom. The average Bonchev–Trinajstić information content (AvgIpc) is 2.29. The van der Waals surface area contributed by atoms with Crippen LogP contribution in [0.3, 0.4) is 0 Å². The Hall–Kier alpha value is -0.610. The van der Waals surface area contributed by atoms with Gasteiger partial charge in [0, 0.05) is 6.54 Å². The third kappa shape index (κ3) is 7.34. The van der Waals surface area contributed by atoms with E-state index in [-0.39, 0.29) is 12.0 Å². The highest BCUT2D eigenvalue weighted by Crippen LogP contribution is 1.99. The molecule has 0 radical (unpaired) electrons. The standard InChI is InChI=1S/C13H28N2O2/c1-5-9-15(10-6-2)11-12(14-7-3)13(16)17-8-4/h12,14H,5-11H2,1-4H3. The first-order valence-electron chi connectivity index (χ1n) is 6.81. The van der Waals surface area contributed by atoms with E-state index in [0.29, 0.717) is 6.61 Å². The Bertz CT molecular complexity index is 192. The number of hydrogen-bond donors (Lipinski definition) is 1. The second-order valence-electron chi connectivity index (χ2n) is 4.16. The Kier molecular flexibility index (Phi) is 10.2. The zero-order valence-electron chi connectivity index (χ0n) is 11.8. The van der Waals surface area contributed by atoms with Crippen LogP contribution in [0.1, 0.15) is 40.5 Å². The first-order valence-corrected chi connectivity index (χ1v) is 6.81. The summed E-state index contributed by atoms with van der Waals surface area (Å²) in [5.74, 6) is -0.133. The molecule has 0 amide bonds. The summed E-state index contributed by atoms with van der Waals surface area (Å²) in [6.45, 7) is 12.2. The molecule has 0 saturated heterocycles. The molecule has 0 aliphatic carbocycles. The lowest BCUT2D eigenvalue weighted by atomic mass is 10.2. The molecule has 0 aromatic heterocycles. The second kappa shape index (κ2) is 10.5. The fourth-order valence-corrected chi connectivity index (χ4v) is 1.90. The van der Waals surface area contributed by atoms with Crippen LogP contribution in [0.15, 0.2) is 0 Å². The zero-order chi connectivity index (χ0) is 13.1. The van der Waals surface area contributed by atoms with E-state index in [1.54, 1.807) is 0 Å². The van der Waals surface area contributed by atoms with Crippen LogP contribution in [-0.4, -0.2) is 49.7 Å². The molecule has 102 valence electrons. The third-order valence-corrected chi connectivity index (χ3v) is 2.54. The molecule has 0 aliphatic rings. The first kappa shape index (κ1) is 16.4. The van der Waals surface area contributed by atoms with E-state index in [0.717, 1.165) is 39.0 Å². The minimum atomic E-state index is -0.196. The maximum atomic E-state index is 11.8. The maximum absolute atomic E-state index is 11.8. The van der Waals surface area contributed by atoms with Crippen molar-refractivity contribution < 1.29 is 9.53 Å². The predicted octanol–water partition coefficient (Wildman–Crippen LogP) is 1.65. The normalized spacial score (nSPS) is 12.8. The van der Waals surface area contributed by atoms with Crippen LogP contribution in [0.25, 0.3) is 0 Å². The Balaban J connectivity index is 4.31. The maximum Gasteiger partial charge on any atom is 0.324 e. The van der Waals surface area contributed by atoms with Gasteiger partial charge in [-0.15, -0.1) is 0 Å². The summed E-state index contributed by atoms with van der Waals surface area (Å²) in [5, 5.41) is 3.20. The van der Waals surface area contributed by atoms with E-state index in [2.05, 4.69) is 24.1 Å². The summed E-state index contributed by atoms with van der Waals surface area (Å²) in [5.41, 5.74) is 0. The molecule has 0 bridgehead atoms. The number of esters is 1. The number of carbonyl (C=O) groups is 1. The Morgan fingerprint density at radius 3 is 2.18 bits per heavy atom. The van der Waals surface area contributed by atoms with Crippen molar-refractivity contribution in [2.75, 3.05) is 32.8 Å². The predicted molar refractivity (Wildman–Crippen MR) is 71.1 cm³/mol. The molecule has 0 saturated carbocycles. The smallest absolute Gasteiger partial charge is 0.324 e. The van der Waals surface area contributed by atoms with Crippen molar-refractivity contribution in [3.05, 3.63) is 0 Å². The molecule has 0 fully saturated rings. The van der Waals surface area contributed by atoms with E-state index < -0.39 is 0 Å². The van der Waals surface area contributed by atoms with Crippen molar-refractivity contribution >= 4 is 5.97 Å². The van der Waals surface area contributed by atoms with E-state index in [9.17, 15) is 4.79 Å². The fourth-order valence-electron chi connectivity index (χ4n) is 1.90. The average molecular weight is 244 g/mol. The van der Waals surface area contributed by atoms with Gasteiger partial charge in [0.1, 0.15) is 6.04 Å². The number of hydrogen-bond acceptors (Lipinski definition) is 4. The fraction of sp³-hybridized carbons (Fsp3) is 0.923. The van der Waals surface area contributed by atoms with Crippen molar-refractivity contribution in [3.63, 3.8) is 0 Å². The number of rotatable bonds is 10.